The van der Waals surface area contributed by atoms with Crippen LogP contribution in [0.3, 0.4) is 0 Å². The summed E-state index contributed by atoms with van der Waals surface area (Å²) in [5, 5.41) is 0.787. The van der Waals surface area contributed by atoms with Crippen LogP contribution in [0, 0.1) is 0 Å². The highest BCUT2D eigenvalue weighted by atomic mass is 32.2. The minimum absolute atomic E-state index is 0.0398. The summed E-state index contributed by atoms with van der Waals surface area (Å²) in [6.45, 7) is 4.06. The van der Waals surface area contributed by atoms with E-state index in [2.05, 4.69) is 4.98 Å². The number of benzene rings is 1. The lowest BCUT2D eigenvalue weighted by Crippen LogP contribution is -2.37. The fraction of sp³-hybridized carbons (Fsp3) is 0.389. The predicted octanol–water partition coefficient (Wildman–Crippen LogP) is 2.29. The van der Waals surface area contributed by atoms with Crippen molar-refractivity contribution in [2.24, 2.45) is 0 Å². The van der Waals surface area contributed by atoms with Crippen LogP contribution in [-0.4, -0.2) is 63.6 Å². The summed E-state index contributed by atoms with van der Waals surface area (Å²) >= 11 is 1.51. The van der Waals surface area contributed by atoms with E-state index >= 15 is 0 Å². The number of rotatable bonds is 3. The zero-order valence-electron chi connectivity index (χ0n) is 14.5. The van der Waals surface area contributed by atoms with Crippen LogP contribution in [0.5, 0.6) is 0 Å². The van der Waals surface area contributed by atoms with Gasteiger partial charge in [-0.05, 0) is 24.8 Å². The number of thioether (sulfide) groups is 1. The highest BCUT2D eigenvalue weighted by molar-refractivity contribution is 7.98. The Morgan fingerprint density at radius 2 is 1.72 bits per heavy atom. The second kappa shape index (κ2) is 7.74. The Balaban J connectivity index is 1.88. The molecule has 1 fully saturated rings. The Hall–Kier alpha value is -2.28. The van der Waals surface area contributed by atoms with E-state index in [-0.39, 0.29) is 11.8 Å². The summed E-state index contributed by atoms with van der Waals surface area (Å²) in [4.78, 5) is 32.7. The maximum Gasteiger partial charge on any atom is 0.272 e. The first-order valence-electron chi connectivity index (χ1n) is 8.33. The van der Waals surface area contributed by atoms with Gasteiger partial charge >= 0.3 is 0 Å². The average Bonchev–Trinajstić information content (AvgIpc) is 2.90. The van der Waals surface area contributed by atoms with Gasteiger partial charge in [0.15, 0.2) is 5.16 Å². The van der Waals surface area contributed by atoms with Crippen LogP contribution in [0.4, 0.5) is 0 Å². The molecule has 132 valence electrons. The number of nitrogens with zero attached hydrogens (tertiary/aromatic N) is 4. The highest BCUT2D eigenvalue weighted by Gasteiger charge is 2.25. The van der Waals surface area contributed by atoms with Gasteiger partial charge in [-0.15, -0.1) is 0 Å². The lowest BCUT2D eigenvalue weighted by Gasteiger charge is -2.22. The molecule has 0 spiro atoms. The molecule has 0 saturated carbocycles. The van der Waals surface area contributed by atoms with Crippen LogP contribution in [-0.2, 0) is 4.79 Å². The molecule has 1 saturated heterocycles. The molecule has 2 heterocycles. The number of hydrogen-bond acceptors (Lipinski definition) is 4. The molecular formula is C18H22N4O2S. The van der Waals surface area contributed by atoms with Gasteiger partial charge in [0.1, 0.15) is 5.69 Å². The molecule has 2 amide bonds. The molecule has 0 atom stereocenters. The third kappa shape index (κ3) is 3.71. The summed E-state index contributed by atoms with van der Waals surface area (Å²) in [5.74, 6) is 0.0235. The van der Waals surface area contributed by atoms with E-state index in [4.69, 9.17) is 0 Å². The lowest BCUT2D eigenvalue weighted by molar-refractivity contribution is -0.128. The SMILES string of the molecule is CSc1ncc(C(=O)N2CCCN(C(C)=O)CC2)n1-c1ccccc1. The van der Waals surface area contributed by atoms with Crippen molar-refractivity contribution in [1.82, 2.24) is 19.4 Å². The molecule has 1 aromatic carbocycles. The van der Waals surface area contributed by atoms with Crippen LogP contribution in [0.1, 0.15) is 23.8 Å². The summed E-state index contributed by atoms with van der Waals surface area (Å²) in [6, 6.07) is 9.79. The maximum absolute atomic E-state index is 13.1. The highest BCUT2D eigenvalue weighted by Crippen LogP contribution is 2.23. The molecule has 1 aromatic heterocycles. The summed E-state index contributed by atoms with van der Waals surface area (Å²) in [6.07, 6.45) is 4.39. The number of hydrogen-bond donors (Lipinski definition) is 0. The van der Waals surface area contributed by atoms with Gasteiger partial charge in [0.05, 0.1) is 6.20 Å². The Kier molecular flexibility index (Phi) is 5.43. The minimum Gasteiger partial charge on any atom is -0.341 e. The van der Waals surface area contributed by atoms with Crippen molar-refractivity contribution in [3.8, 4) is 5.69 Å². The average molecular weight is 358 g/mol. The standard InChI is InChI=1S/C18H22N4O2S/c1-14(23)20-9-6-10-21(12-11-20)17(24)16-13-19-18(25-2)22(16)15-7-4-3-5-8-15/h3-5,7-8,13H,6,9-12H2,1-2H3. The molecule has 0 bridgehead atoms. The third-order valence-electron chi connectivity index (χ3n) is 4.37. The summed E-state index contributed by atoms with van der Waals surface area (Å²) < 4.78 is 1.90. The van der Waals surface area contributed by atoms with E-state index < -0.39 is 0 Å². The quantitative estimate of drug-likeness (QED) is 0.790. The molecule has 6 nitrogen and oxygen atoms in total. The van der Waals surface area contributed by atoms with Gasteiger partial charge in [-0.2, -0.15) is 0 Å². The summed E-state index contributed by atoms with van der Waals surface area (Å²) in [5.41, 5.74) is 1.49. The Bertz CT molecular complexity index is 760. The molecule has 3 rings (SSSR count). The van der Waals surface area contributed by atoms with Crippen molar-refractivity contribution >= 4 is 23.6 Å². The van der Waals surface area contributed by atoms with Crippen LogP contribution in [0.25, 0.3) is 5.69 Å². The van der Waals surface area contributed by atoms with Crippen LogP contribution in [0.15, 0.2) is 41.7 Å². The van der Waals surface area contributed by atoms with E-state index in [1.807, 2.05) is 46.1 Å². The molecule has 25 heavy (non-hydrogen) atoms. The zero-order valence-corrected chi connectivity index (χ0v) is 15.3. The van der Waals surface area contributed by atoms with E-state index in [1.165, 1.54) is 11.8 Å². The van der Waals surface area contributed by atoms with E-state index in [9.17, 15) is 9.59 Å². The van der Waals surface area contributed by atoms with Crippen molar-refractivity contribution < 1.29 is 9.59 Å². The predicted molar refractivity (Wildman–Crippen MR) is 98.1 cm³/mol. The fourth-order valence-corrected chi connectivity index (χ4v) is 3.60. The molecule has 1 aliphatic rings. The number of carbonyl (C=O) groups excluding carboxylic acids is 2. The van der Waals surface area contributed by atoms with E-state index in [1.54, 1.807) is 18.0 Å². The second-order valence-corrected chi connectivity index (χ2v) is 6.73. The van der Waals surface area contributed by atoms with Gasteiger partial charge in [-0.1, -0.05) is 30.0 Å². The normalized spacial score (nSPS) is 15.1. The second-order valence-electron chi connectivity index (χ2n) is 5.95. The topological polar surface area (TPSA) is 58.4 Å². The molecule has 7 heteroatoms. The number of aromatic nitrogens is 2. The van der Waals surface area contributed by atoms with Crippen molar-refractivity contribution in [2.75, 3.05) is 32.4 Å². The third-order valence-corrected chi connectivity index (χ3v) is 5.03. The van der Waals surface area contributed by atoms with Gasteiger partial charge in [-0.3, -0.25) is 14.2 Å². The number of imidazole rings is 1. The minimum atomic E-state index is -0.0398. The van der Waals surface area contributed by atoms with Gasteiger partial charge in [-0.25, -0.2) is 4.98 Å². The number of para-hydroxylation sites is 1. The van der Waals surface area contributed by atoms with Gasteiger partial charge in [0.2, 0.25) is 5.91 Å². The molecule has 0 radical (unpaired) electrons. The zero-order chi connectivity index (χ0) is 17.8. The first kappa shape index (κ1) is 17.5. The van der Waals surface area contributed by atoms with Crippen molar-refractivity contribution in [1.29, 1.82) is 0 Å². The van der Waals surface area contributed by atoms with Crippen molar-refractivity contribution in [3.63, 3.8) is 0 Å². The van der Waals surface area contributed by atoms with Crippen LogP contribution < -0.4 is 0 Å². The first-order valence-corrected chi connectivity index (χ1v) is 9.56. The summed E-state index contributed by atoms with van der Waals surface area (Å²) in [7, 11) is 0. The van der Waals surface area contributed by atoms with Gasteiger partial charge < -0.3 is 9.80 Å². The molecule has 2 aromatic rings. The Morgan fingerprint density at radius 1 is 1.04 bits per heavy atom. The maximum atomic E-state index is 13.1. The van der Waals surface area contributed by atoms with Gasteiger partial charge in [0.25, 0.3) is 5.91 Å². The Morgan fingerprint density at radius 3 is 2.40 bits per heavy atom. The monoisotopic (exact) mass is 358 g/mol. The number of amides is 2. The molecular weight excluding hydrogens is 336 g/mol. The lowest BCUT2D eigenvalue weighted by atomic mass is 10.3. The van der Waals surface area contributed by atoms with Gasteiger partial charge in [0, 0.05) is 38.8 Å². The van der Waals surface area contributed by atoms with E-state index in [0.717, 1.165) is 17.3 Å². The Labute approximate surface area is 151 Å². The van der Waals surface area contributed by atoms with Crippen LogP contribution >= 0.6 is 11.8 Å². The molecule has 0 aliphatic carbocycles. The first-order chi connectivity index (χ1) is 12.1. The fourth-order valence-electron chi connectivity index (χ4n) is 3.05. The largest absolute Gasteiger partial charge is 0.341 e. The van der Waals surface area contributed by atoms with Crippen molar-refractivity contribution in [2.45, 2.75) is 18.5 Å². The van der Waals surface area contributed by atoms with Crippen LogP contribution in [0.2, 0.25) is 0 Å². The van der Waals surface area contributed by atoms with E-state index in [0.29, 0.717) is 31.9 Å². The molecule has 1 aliphatic heterocycles. The molecule has 0 unspecified atom stereocenters. The smallest absolute Gasteiger partial charge is 0.272 e. The number of carbonyl (C=O) groups is 2. The molecule has 0 N–H and O–H groups in total. The van der Waals surface area contributed by atoms with Crippen molar-refractivity contribution in [3.05, 3.63) is 42.2 Å².